The highest BCUT2D eigenvalue weighted by molar-refractivity contribution is 5.88. The van der Waals surface area contributed by atoms with Gasteiger partial charge in [0, 0.05) is 29.8 Å². The van der Waals surface area contributed by atoms with Gasteiger partial charge in [-0.05, 0) is 72.7 Å². The number of esters is 2. The molecule has 13 N–H and O–H groups in total. The number of carbonyl (C=O) groups excluding carboxylic acids is 2. The number of methoxy groups -OCH3 is 2. The Morgan fingerprint density at radius 3 is 1.80 bits per heavy atom. The molecule has 4 aliphatic rings. The molecule has 4 heterocycles. The van der Waals surface area contributed by atoms with Gasteiger partial charge in [-0.1, -0.05) is 18.2 Å². The van der Waals surface area contributed by atoms with Crippen LogP contribution in [0.5, 0.6) is 51.7 Å². The molecule has 16 unspecified atom stereocenters. The number of benzene rings is 4. The second kappa shape index (κ2) is 24.7. The molecule has 4 aromatic carbocycles. The van der Waals surface area contributed by atoms with Crippen LogP contribution >= 0.6 is 0 Å². The van der Waals surface area contributed by atoms with Gasteiger partial charge in [-0.15, -0.1) is 0 Å². The minimum Gasteiger partial charge on any atom is -0.508 e. The zero-order chi connectivity index (χ0) is 57.0. The lowest BCUT2D eigenvalue weighted by Gasteiger charge is -2.43. The van der Waals surface area contributed by atoms with Gasteiger partial charge in [0.15, 0.2) is 41.5 Å². The molecule has 26 heteroatoms. The fourth-order valence-electron chi connectivity index (χ4n) is 8.72. The van der Waals surface area contributed by atoms with E-state index in [4.69, 9.17) is 52.1 Å². The molecule has 0 saturated carbocycles. The standard InChI is InChI=1S/C53H58O26/c1-22-49(79-39(59)13-7-23-4-9-27(10-5-23)74-52-46(66)43(63)41(61)36(77-52)20-71-38(58)12-8-24-6-11-29(55)31(57)14-24)45(65)48(68)51(73-22)72-21-37-42(62)44(64)47(67)53(78-37)76-35-19-28-30(56)17-26(54)18-32(28)75-50(35)25-15-33(69-2)40(60)34(16-25)70-3/h4-19,22,36-37,41-57,60-68H,20-21H2,1-3H3. The zero-order valence-electron chi connectivity index (χ0n) is 42.0. The van der Waals surface area contributed by atoms with Gasteiger partial charge in [-0.3, -0.25) is 0 Å². The molecule has 0 radical (unpaired) electrons. The van der Waals surface area contributed by atoms with E-state index in [-0.39, 0.29) is 57.1 Å². The third-order valence-corrected chi connectivity index (χ3v) is 13.1. The van der Waals surface area contributed by atoms with Crippen molar-refractivity contribution in [1.29, 1.82) is 0 Å². The Kier molecular flexibility index (Phi) is 18.1. The fourth-order valence-corrected chi connectivity index (χ4v) is 8.72. The first-order valence-corrected chi connectivity index (χ1v) is 24.2. The summed E-state index contributed by atoms with van der Waals surface area (Å²) in [5.74, 6) is -3.78. The number of hydrogen-bond acceptors (Lipinski definition) is 26. The van der Waals surface area contributed by atoms with Gasteiger partial charge in [0.25, 0.3) is 0 Å². The number of ether oxygens (including phenoxy) is 11. The van der Waals surface area contributed by atoms with Gasteiger partial charge >= 0.3 is 11.9 Å². The van der Waals surface area contributed by atoms with Crippen LogP contribution in [0.25, 0.3) is 18.2 Å². The molecule has 0 spiro atoms. The Morgan fingerprint density at radius 2 is 1.16 bits per heavy atom. The molecular weight excluding hydrogens is 1050 g/mol. The third-order valence-electron chi connectivity index (χ3n) is 13.1. The number of rotatable bonds is 17. The highest BCUT2D eigenvalue weighted by Gasteiger charge is 2.50. The van der Waals surface area contributed by atoms with E-state index in [2.05, 4.69) is 0 Å². The summed E-state index contributed by atoms with van der Waals surface area (Å²) in [5, 5.41) is 137. The van der Waals surface area contributed by atoms with Crippen LogP contribution in [0.2, 0.25) is 0 Å². The van der Waals surface area contributed by atoms with Crippen molar-refractivity contribution >= 4 is 30.2 Å². The van der Waals surface area contributed by atoms with Crippen molar-refractivity contribution in [3.63, 3.8) is 0 Å². The first-order chi connectivity index (χ1) is 37.6. The topological polar surface area (TPSA) is 399 Å². The second-order valence-electron chi connectivity index (χ2n) is 18.5. The number of hydrogen-bond donors (Lipinski definition) is 13. The lowest BCUT2D eigenvalue weighted by Crippen LogP contribution is -2.61. The molecule has 79 heavy (non-hydrogen) atoms. The van der Waals surface area contributed by atoms with Crippen molar-refractivity contribution in [2.75, 3.05) is 27.4 Å². The van der Waals surface area contributed by atoms with Crippen LogP contribution in [-0.4, -0.2) is 198 Å². The van der Waals surface area contributed by atoms with Crippen molar-refractivity contribution in [3.05, 3.63) is 107 Å². The van der Waals surface area contributed by atoms with Crippen LogP contribution in [0.4, 0.5) is 0 Å². The van der Waals surface area contributed by atoms with E-state index >= 15 is 0 Å². The van der Waals surface area contributed by atoms with Crippen molar-refractivity contribution in [2.45, 2.75) is 105 Å². The van der Waals surface area contributed by atoms with E-state index < -0.39 is 135 Å². The van der Waals surface area contributed by atoms with Crippen LogP contribution < -0.4 is 18.9 Å². The number of carbonyl (C=O) groups is 2. The van der Waals surface area contributed by atoms with Gasteiger partial charge in [0.1, 0.15) is 96.4 Å². The third kappa shape index (κ3) is 13.0. The highest BCUT2D eigenvalue weighted by atomic mass is 16.7. The second-order valence-corrected chi connectivity index (χ2v) is 18.5. The molecule has 3 fully saturated rings. The average molecular weight is 1110 g/mol. The van der Waals surface area contributed by atoms with E-state index in [1.54, 1.807) is 0 Å². The van der Waals surface area contributed by atoms with Crippen LogP contribution in [0, 0.1) is 0 Å². The molecule has 4 aromatic rings. The van der Waals surface area contributed by atoms with Crippen LogP contribution in [0.1, 0.15) is 35.3 Å². The summed E-state index contributed by atoms with van der Waals surface area (Å²) >= 11 is 0. The molecule has 4 aliphatic heterocycles. The summed E-state index contributed by atoms with van der Waals surface area (Å²) in [5.41, 5.74) is 1.08. The lowest BCUT2D eigenvalue weighted by atomic mass is 9.98. The molecule has 0 bridgehead atoms. The molecule has 16 atom stereocenters. The Morgan fingerprint density at radius 1 is 0.582 bits per heavy atom. The molecule has 26 nitrogen and oxygen atoms in total. The smallest absolute Gasteiger partial charge is 0.331 e. The summed E-state index contributed by atoms with van der Waals surface area (Å²) < 4.78 is 62.1. The SMILES string of the molecule is COc1cc(C2Oc3cc(O)cc(O)c3C=C2OC2OC(COC3OC(C)C(OC(=O)C=Cc4ccc(OC5OC(COC(=O)C=Cc6ccc(O)c(O)c6)C(O)C(O)C5O)cc4)C(O)C3O)C(O)C(O)C2O)cc(OC)c1O. The normalized spacial score (nSPS) is 30.6. The Balaban J connectivity index is 0.839. The Hall–Kier alpha value is -7.44. The number of fused-ring (bicyclic) bond motifs is 1. The van der Waals surface area contributed by atoms with E-state index in [0.717, 1.165) is 18.2 Å². The van der Waals surface area contributed by atoms with Gasteiger partial charge in [-0.2, -0.15) is 0 Å². The molecule has 426 valence electrons. The van der Waals surface area contributed by atoms with Gasteiger partial charge in [0.05, 0.1) is 32.5 Å². The first-order valence-electron chi connectivity index (χ1n) is 24.2. The summed E-state index contributed by atoms with van der Waals surface area (Å²) in [6, 6.07) is 14.7. The van der Waals surface area contributed by atoms with Crippen LogP contribution in [0.15, 0.2) is 84.6 Å². The number of phenolic OH excluding ortho intramolecular Hbond substituents is 5. The maximum absolute atomic E-state index is 13.0. The first kappa shape index (κ1) is 57.7. The summed E-state index contributed by atoms with van der Waals surface area (Å²) in [7, 11) is 2.59. The quantitative estimate of drug-likeness (QED) is 0.0378. The van der Waals surface area contributed by atoms with Gasteiger partial charge < -0.3 is 118 Å². The maximum Gasteiger partial charge on any atom is 0.331 e. The van der Waals surface area contributed by atoms with Crippen LogP contribution in [-0.2, 0) is 42.7 Å². The zero-order valence-corrected chi connectivity index (χ0v) is 42.0. The minimum atomic E-state index is -1.92. The number of aromatic hydroxyl groups is 5. The van der Waals surface area contributed by atoms with Crippen LogP contribution in [0.3, 0.4) is 0 Å². The van der Waals surface area contributed by atoms with E-state index in [1.165, 1.54) is 100 Å². The van der Waals surface area contributed by atoms with Crippen molar-refractivity contribution in [3.8, 4) is 51.7 Å². The molecular formula is C53H58O26. The monoisotopic (exact) mass is 1110 g/mol. The molecule has 0 amide bonds. The fraction of sp³-hybridized carbons (Fsp3) is 0.396. The van der Waals surface area contributed by atoms with E-state index in [9.17, 15) is 76.0 Å². The van der Waals surface area contributed by atoms with E-state index in [1.807, 2.05) is 0 Å². The maximum atomic E-state index is 13.0. The molecule has 3 saturated heterocycles. The number of phenols is 5. The summed E-state index contributed by atoms with van der Waals surface area (Å²) in [6.07, 6.45) is -20.1. The lowest BCUT2D eigenvalue weighted by molar-refractivity contribution is -0.325. The average Bonchev–Trinajstić information content (AvgIpc) is 3.51. The Bertz CT molecular complexity index is 2870. The van der Waals surface area contributed by atoms with E-state index in [0.29, 0.717) is 11.1 Å². The predicted octanol–water partition coefficient (Wildman–Crippen LogP) is 0.0820. The highest BCUT2D eigenvalue weighted by Crippen LogP contribution is 2.47. The minimum absolute atomic E-state index is 0.000219. The summed E-state index contributed by atoms with van der Waals surface area (Å²) in [6.45, 7) is 0.214. The largest absolute Gasteiger partial charge is 0.508 e. The van der Waals surface area contributed by atoms with Gasteiger partial charge in [0.2, 0.25) is 18.3 Å². The molecule has 8 rings (SSSR count). The number of aliphatic hydroxyl groups is 8. The molecule has 0 aliphatic carbocycles. The van der Waals surface area contributed by atoms with Crippen molar-refractivity contribution < 1.29 is 128 Å². The Labute approximate surface area is 448 Å². The van der Waals surface area contributed by atoms with Crippen molar-refractivity contribution in [2.24, 2.45) is 0 Å². The van der Waals surface area contributed by atoms with Gasteiger partial charge in [-0.25, -0.2) is 9.59 Å². The van der Waals surface area contributed by atoms with Crippen molar-refractivity contribution in [1.82, 2.24) is 0 Å². The summed E-state index contributed by atoms with van der Waals surface area (Å²) in [4.78, 5) is 25.3. The molecule has 0 aromatic heterocycles. The predicted molar refractivity (Wildman–Crippen MR) is 265 cm³/mol. The number of aliphatic hydroxyl groups excluding tert-OH is 8.